The van der Waals surface area contributed by atoms with Crippen molar-refractivity contribution in [3.63, 3.8) is 0 Å². The topological polar surface area (TPSA) is 87.0 Å². The average molecular weight is 383 g/mol. The third-order valence-corrected chi connectivity index (χ3v) is 3.99. The fraction of sp³-hybridized carbons (Fsp3) is 0.238. The second kappa shape index (κ2) is 8.04. The van der Waals surface area contributed by atoms with Gasteiger partial charge in [-0.2, -0.15) is 0 Å². The molecule has 0 radical (unpaired) electrons. The van der Waals surface area contributed by atoms with Crippen LogP contribution in [0.5, 0.6) is 17.2 Å². The zero-order valence-electron chi connectivity index (χ0n) is 16.1. The van der Waals surface area contributed by atoms with E-state index in [2.05, 4.69) is 5.32 Å². The zero-order chi connectivity index (χ0) is 20.3. The number of carbonyl (C=O) groups excluding carboxylic acids is 1. The first-order valence-corrected chi connectivity index (χ1v) is 8.69. The van der Waals surface area contributed by atoms with Crippen molar-refractivity contribution < 1.29 is 23.4 Å². The zero-order valence-corrected chi connectivity index (χ0v) is 16.1. The van der Waals surface area contributed by atoms with Crippen molar-refractivity contribution in [3.8, 4) is 17.2 Å². The smallest absolute Gasteiger partial charge is 0.337 e. The maximum absolute atomic E-state index is 12.9. The van der Waals surface area contributed by atoms with Crippen molar-refractivity contribution in [2.24, 2.45) is 0 Å². The minimum Gasteiger partial charge on any atom is -0.497 e. The van der Waals surface area contributed by atoms with E-state index < -0.39 is 11.5 Å². The Morgan fingerprint density at radius 1 is 1.00 bits per heavy atom. The molecule has 1 amide bonds. The van der Waals surface area contributed by atoms with Gasteiger partial charge in [0.05, 0.1) is 31.6 Å². The van der Waals surface area contributed by atoms with Gasteiger partial charge in [0.15, 0.2) is 0 Å². The normalized spacial score (nSPS) is 10.8. The van der Waals surface area contributed by atoms with Gasteiger partial charge in [0, 0.05) is 23.6 Å². The van der Waals surface area contributed by atoms with Gasteiger partial charge in [0.25, 0.3) is 5.91 Å². The molecule has 28 heavy (non-hydrogen) atoms. The average Bonchev–Trinajstić information content (AvgIpc) is 2.66. The van der Waals surface area contributed by atoms with Gasteiger partial charge in [0.1, 0.15) is 22.8 Å². The van der Waals surface area contributed by atoms with Crippen molar-refractivity contribution in [1.29, 1.82) is 0 Å². The van der Waals surface area contributed by atoms with E-state index >= 15 is 0 Å². The molecule has 2 aromatic carbocycles. The molecule has 0 unspecified atom stereocenters. The van der Waals surface area contributed by atoms with E-state index in [1.165, 1.54) is 14.2 Å². The SMILES string of the molecule is COc1ccc(OC)c(NC(=O)c2cc(=O)oc3cc(OC(C)C)ccc23)c1. The number of benzene rings is 2. The van der Waals surface area contributed by atoms with Crippen molar-refractivity contribution >= 4 is 22.6 Å². The summed E-state index contributed by atoms with van der Waals surface area (Å²) in [6.45, 7) is 3.79. The maximum Gasteiger partial charge on any atom is 0.337 e. The number of hydrogen-bond donors (Lipinski definition) is 1. The lowest BCUT2D eigenvalue weighted by Crippen LogP contribution is -2.16. The van der Waals surface area contributed by atoms with Crippen molar-refractivity contribution in [1.82, 2.24) is 0 Å². The Labute approximate surface area is 161 Å². The highest BCUT2D eigenvalue weighted by molar-refractivity contribution is 6.12. The van der Waals surface area contributed by atoms with Crippen LogP contribution < -0.4 is 25.2 Å². The molecule has 0 aliphatic heterocycles. The first-order chi connectivity index (χ1) is 13.4. The molecule has 0 aliphatic carbocycles. The number of amides is 1. The molecule has 3 aromatic rings. The van der Waals surface area contributed by atoms with Crippen molar-refractivity contribution in [3.05, 3.63) is 58.4 Å². The van der Waals surface area contributed by atoms with E-state index in [0.717, 1.165) is 6.07 Å². The molecule has 0 saturated carbocycles. The number of carbonyl (C=O) groups is 1. The molecule has 3 rings (SSSR count). The summed E-state index contributed by atoms with van der Waals surface area (Å²) < 4.78 is 21.3. The fourth-order valence-corrected chi connectivity index (χ4v) is 2.78. The number of hydrogen-bond acceptors (Lipinski definition) is 6. The molecule has 0 spiro atoms. The fourth-order valence-electron chi connectivity index (χ4n) is 2.78. The van der Waals surface area contributed by atoms with Crippen LogP contribution in [0.4, 0.5) is 5.69 Å². The Morgan fingerprint density at radius 2 is 1.75 bits per heavy atom. The van der Waals surface area contributed by atoms with Gasteiger partial charge in [-0.25, -0.2) is 4.79 Å². The van der Waals surface area contributed by atoms with Crippen LogP contribution in [0, 0.1) is 0 Å². The number of fused-ring (bicyclic) bond motifs is 1. The number of methoxy groups -OCH3 is 2. The van der Waals surface area contributed by atoms with Gasteiger partial charge in [-0.05, 0) is 38.1 Å². The van der Waals surface area contributed by atoms with Gasteiger partial charge in [-0.1, -0.05) is 0 Å². The molecule has 0 fully saturated rings. The summed E-state index contributed by atoms with van der Waals surface area (Å²) in [5.41, 5.74) is 0.255. The number of anilines is 1. The molecule has 7 heteroatoms. The third kappa shape index (κ3) is 4.09. The van der Waals surface area contributed by atoms with Crippen LogP contribution in [0.15, 0.2) is 51.7 Å². The molecule has 0 saturated heterocycles. The van der Waals surface area contributed by atoms with Crippen LogP contribution in [0.3, 0.4) is 0 Å². The van der Waals surface area contributed by atoms with E-state index in [9.17, 15) is 9.59 Å². The molecule has 1 aromatic heterocycles. The second-order valence-corrected chi connectivity index (χ2v) is 6.32. The minimum atomic E-state index is -0.628. The Balaban J connectivity index is 2.01. The first-order valence-electron chi connectivity index (χ1n) is 8.69. The Bertz CT molecular complexity index is 1070. The first kappa shape index (κ1) is 19.3. The highest BCUT2D eigenvalue weighted by Gasteiger charge is 2.16. The molecule has 0 bridgehead atoms. The lowest BCUT2D eigenvalue weighted by atomic mass is 10.1. The van der Waals surface area contributed by atoms with Gasteiger partial charge in [0.2, 0.25) is 0 Å². The van der Waals surface area contributed by atoms with Crippen LogP contribution in [0.25, 0.3) is 11.0 Å². The monoisotopic (exact) mass is 383 g/mol. The quantitative estimate of drug-likeness (QED) is 0.651. The Kier molecular flexibility index (Phi) is 5.54. The molecular formula is C21H21NO6. The maximum atomic E-state index is 12.9. The van der Waals surface area contributed by atoms with Crippen LogP contribution in [0.2, 0.25) is 0 Å². The van der Waals surface area contributed by atoms with E-state index in [1.807, 2.05) is 13.8 Å². The van der Waals surface area contributed by atoms with Crippen molar-refractivity contribution in [2.75, 3.05) is 19.5 Å². The van der Waals surface area contributed by atoms with E-state index in [0.29, 0.717) is 28.3 Å². The molecule has 1 N–H and O–H groups in total. The number of ether oxygens (including phenoxy) is 3. The summed E-state index contributed by atoms with van der Waals surface area (Å²) in [4.78, 5) is 24.9. The largest absolute Gasteiger partial charge is 0.497 e. The number of rotatable bonds is 6. The summed E-state index contributed by atoms with van der Waals surface area (Å²) >= 11 is 0. The predicted molar refractivity (Wildman–Crippen MR) is 106 cm³/mol. The highest BCUT2D eigenvalue weighted by Crippen LogP contribution is 2.30. The molecule has 1 heterocycles. The van der Waals surface area contributed by atoms with E-state index in [-0.39, 0.29) is 17.3 Å². The summed E-state index contributed by atoms with van der Waals surface area (Å²) in [5, 5.41) is 3.26. The summed E-state index contributed by atoms with van der Waals surface area (Å²) in [5.74, 6) is 1.11. The standard InChI is InChI=1S/C21H21NO6/c1-12(2)27-14-5-7-15-16(11-20(23)28-19(15)10-14)21(24)22-17-9-13(25-3)6-8-18(17)26-4/h5-12H,1-4H3,(H,22,24). The molecular weight excluding hydrogens is 362 g/mol. The predicted octanol–water partition coefficient (Wildman–Crippen LogP) is 3.85. The van der Waals surface area contributed by atoms with Gasteiger partial charge >= 0.3 is 5.63 Å². The van der Waals surface area contributed by atoms with Crippen molar-refractivity contribution in [2.45, 2.75) is 20.0 Å². The number of nitrogens with one attached hydrogen (secondary N) is 1. The highest BCUT2D eigenvalue weighted by atomic mass is 16.5. The molecule has 7 nitrogen and oxygen atoms in total. The van der Waals surface area contributed by atoms with Crippen LogP contribution >= 0.6 is 0 Å². The van der Waals surface area contributed by atoms with Crippen LogP contribution in [0.1, 0.15) is 24.2 Å². The summed E-state index contributed by atoms with van der Waals surface area (Å²) in [7, 11) is 3.03. The molecule has 0 atom stereocenters. The van der Waals surface area contributed by atoms with E-state index in [1.54, 1.807) is 36.4 Å². The minimum absolute atomic E-state index is 0.0313. The third-order valence-electron chi connectivity index (χ3n) is 3.99. The summed E-state index contributed by atoms with van der Waals surface area (Å²) in [6, 6.07) is 11.2. The van der Waals surface area contributed by atoms with Gasteiger partial charge < -0.3 is 23.9 Å². The Morgan fingerprint density at radius 3 is 2.43 bits per heavy atom. The Hall–Kier alpha value is -3.48. The second-order valence-electron chi connectivity index (χ2n) is 6.32. The van der Waals surface area contributed by atoms with Crippen LogP contribution in [-0.4, -0.2) is 26.2 Å². The molecule has 146 valence electrons. The summed E-state index contributed by atoms with van der Waals surface area (Å²) in [6.07, 6.45) is -0.0313. The van der Waals surface area contributed by atoms with E-state index in [4.69, 9.17) is 18.6 Å². The van der Waals surface area contributed by atoms with Gasteiger partial charge in [-0.3, -0.25) is 4.79 Å². The molecule has 0 aliphatic rings. The lowest BCUT2D eigenvalue weighted by Gasteiger charge is -2.13. The van der Waals surface area contributed by atoms with Crippen LogP contribution in [-0.2, 0) is 0 Å². The van der Waals surface area contributed by atoms with Gasteiger partial charge in [-0.15, -0.1) is 0 Å². The lowest BCUT2D eigenvalue weighted by molar-refractivity contribution is 0.102.